The number of ether oxygens (including phenoxy) is 1. The number of amides is 3. The van der Waals surface area contributed by atoms with Crippen LogP contribution in [0.25, 0.3) is 0 Å². The van der Waals surface area contributed by atoms with Gasteiger partial charge in [0.05, 0.1) is 12.6 Å². The summed E-state index contributed by atoms with van der Waals surface area (Å²) in [6.45, 7) is 7.09. The van der Waals surface area contributed by atoms with Gasteiger partial charge in [0.25, 0.3) is 0 Å². The second kappa shape index (κ2) is 9.60. The van der Waals surface area contributed by atoms with Gasteiger partial charge in [-0.1, -0.05) is 0 Å². The highest BCUT2D eigenvalue weighted by molar-refractivity contribution is 5.96. The number of nitrogens with one attached hydrogen (secondary N) is 2. The Balaban J connectivity index is 1.39. The van der Waals surface area contributed by atoms with E-state index in [4.69, 9.17) is 4.74 Å². The topological polar surface area (TPSA) is 73.9 Å². The fourth-order valence-electron chi connectivity index (χ4n) is 3.69. The van der Waals surface area contributed by atoms with E-state index in [-0.39, 0.29) is 18.0 Å². The van der Waals surface area contributed by atoms with Crippen molar-refractivity contribution in [2.24, 2.45) is 0 Å². The Hall–Kier alpha value is -2.28. The fourth-order valence-corrected chi connectivity index (χ4v) is 3.69. The van der Waals surface area contributed by atoms with Crippen LogP contribution in [-0.4, -0.2) is 62.2 Å². The summed E-state index contributed by atoms with van der Waals surface area (Å²) >= 11 is 0. The quantitative estimate of drug-likeness (QED) is 0.683. The smallest absolute Gasteiger partial charge is 0.315 e. The van der Waals surface area contributed by atoms with E-state index < -0.39 is 0 Å². The number of anilines is 1. The Morgan fingerprint density at radius 1 is 1.22 bits per heavy atom. The van der Waals surface area contributed by atoms with Gasteiger partial charge in [-0.15, -0.1) is 0 Å². The van der Waals surface area contributed by atoms with E-state index >= 15 is 0 Å². The highest BCUT2D eigenvalue weighted by Crippen LogP contribution is 2.24. The molecule has 148 valence electrons. The van der Waals surface area contributed by atoms with Gasteiger partial charge in [0.15, 0.2) is 0 Å². The highest BCUT2D eigenvalue weighted by atomic mass is 16.5. The lowest BCUT2D eigenvalue weighted by Crippen LogP contribution is -2.44. The maximum Gasteiger partial charge on any atom is 0.315 e. The molecule has 0 aromatic heterocycles. The van der Waals surface area contributed by atoms with Crippen molar-refractivity contribution in [2.45, 2.75) is 38.6 Å². The van der Waals surface area contributed by atoms with Crippen molar-refractivity contribution in [3.8, 4) is 5.75 Å². The third kappa shape index (κ3) is 5.60. The standard InChI is InChI=1S/C20H30N4O3/c1-2-27-18-8-6-17(7-9-18)24-15-16(14-19(24)25)22-20(26)21-10-5-13-23-11-3-4-12-23/h6-9,16H,2-5,10-15H2,1H3,(H2,21,22,26)/t16-/m1/s1. The van der Waals surface area contributed by atoms with Gasteiger partial charge in [0.2, 0.25) is 5.91 Å². The third-order valence-electron chi connectivity index (χ3n) is 5.06. The minimum absolute atomic E-state index is 0.0264. The van der Waals surface area contributed by atoms with Gasteiger partial charge in [-0.25, -0.2) is 4.79 Å². The molecule has 0 radical (unpaired) electrons. The van der Waals surface area contributed by atoms with E-state index in [9.17, 15) is 9.59 Å². The summed E-state index contributed by atoms with van der Waals surface area (Å²) in [6.07, 6.45) is 3.85. The normalized spacial score (nSPS) is 20.1. The number of benzene rings is 1. The van der Waals surface area contributed by atoms with Crippen LogP contribution < -0.4 is 20.3 Å². The zero-order chi connectivity index (χ0) is 19.1. The van der Waals surface area contributed by atoms with Crippen LogP contribution in [0.5, 0.6) is 5.75 Å². The van der Waals surface area contributed by atoms with Gasteiger partial charge < -0.3 is 25.2 Å². The van der Waals surface area contributed by atoms with Crippen molar-refractivity contribution in [3.63, 3.8) is 0 Å². The molecule has 1 aromatic carbocycles. The fraction of sp³-hybridized carbons (Fsp3) is 0.600. The Bertz CT molecular complexity index is 629. The third-order valence-corrected chi connectivity index (χ3v) is 5.06. The lowest BCUT2D eigenvalue weighted by Gasteiger charge is -2.18. The number of hydrogen-bond acceptors (Lipinski definition) is 4. The van der Waals surface area contributed by atoms with Crippen molar-refractivity contribution in [3.05, 3.63) is 24.3 Å². The van der Waals surface area contributed by atoms with Crippen molar-refractivity contribution in [1.82, 2.24) is 15.5 Å². The Morgan fingerprint density at radius 3 is 2.67 bits per heavy atom. The van der Waals surface area contributed by atoms with Crippen LogP contribution in [0.3, 0.4) is 0 Å². The van der Waals surface area contributed by atoms with Crippen molar-refractivity contribution in [2.75, 3.05) is 44.2 Å². The first kappa shape index (κ1) is 19.5. The second-order valence-corrected chi connectivity index (χ2v) is 7.13. The van der Waals surface area contributed by atoms with E-state index in [1.54, 1.807) is 4.90 Å². The molecular formula is C20H30N4O3. The molecule has 7 nitrogen and oxygen atoms in total. The van der Waals surface area contributed by atoms with Gasteiger partial charge >= 0.3 is 6.03 Å². The predicted octanol–water partition coefficient (Wildman–Crippen LogP) is 1.98. The van der Waals surface area contributed by atoms with E-state index in [2.05, 4.69) is 15.5 Å². The van der Waals surface area contributed by atoms with Gasteiger partial charge in [0, 0.05) is 25.2 Å². The predicted molar refractivity (Wildman–Crippen MR) is 105 cm³/mol. The highest BCUT2D eigenvalue weighted by Gasteiger charge is 2.31. The molecule has 2 aliphatic heterocycles. The molecule has 7 heteroatoms. The molecule has 0 unspecified atom stereocenters. The maximum atomic E-state index is 12.3. The monoisotopic (exact) mass is 374 g/mol. The zero-order valence-corrected chi connectivity index (χ0v) is 16.1. The molecule has 2 heterocycles. The average molecular weight is 374 g/mol. The van der Waals surface area contributed by atoms with Crippen LogP contribution in [0, 0.1) is 0 Å². The largest absolute Gasteiger partial charge is 0.494 e. The summed E-state index contributed by atoms with van der Waals surface area (Å²) in [5.74, 6) is 0.814. The van der Waals surface area contributed by atoms with Crippen LogP contribution in [0.4, 0.5) is 10.5 Å². The summed E-state index contributed by atoms with van der Waals surface area (Å²) < 4.78 is 5.43. The molecule has 0 spiro atoms. The Kier molecular flexibility index (Phi) is 6.92. The molecule has 1 aromatic rings. The molecule has 2 aliphatic rings. The van der Waals surface area contributed by atoms with Crippen molar-refractivity contribution < 1.29 is 14.3 Å². The van der Waals surface area contributed by atoms with Crippen LogP contribution in [0.2, 0.25) is 0 Å². The summed E-state index contributed by atoms with van der Waals surface area (Å²) in [4.78, 5) is 28.5. The van der Waals surface area contributed by atoms with Gasteiger partial charge in [-0.3, -0.25) is 4.79 Å². The summed E-state index contributed by atoms with van der Waals surface area (Å²) in [5, 5.41) is 5.82. The van der Waals surface area contributed by atoms with Gasteiger partial charge in [0.1, 0.15) is 5.75 Å². The molecule has 3 amide bonds. The molecule has 2 saturated heterocycles. The summed E-state index contributed by atoms with van der Waals surface area (Å²) in [7, 11) is 0. The molecule has 0 saturated carbocycles. The SMILES string of the molecule is CCOc1ccc(N2C[C@H](NC(=O)NCCCN3CCCC3)CC2=O)cc1. The van der Waals surface area contributed by atoms with Crippen LogP contribution in [0.15, 0.2) is 24.3 Å². The first-order valence-corrected chi connectivity index (χ1v) is 9.95. The van der Waals surface area contributed by atoms with E-state index in [1.807, 2.05) is 31.2 Å². The molecule has 0 aliphatic carbocycles. The average Bonchev–Trinajstić information content (AvgIpc) is 3.29. The lowest BCUT2D eigenvalue weighted by atomic mass is 10.2. The molecular weight excluding hydrogens is 344 g/mol. The first-order valence-electron chi connectivity index (χ1n) is 9.95. The second-order valence-electron chi connectivity index (χ2n) is 7.13. The summed E-state index contributed by atoms with van der Waals surface area (Å²) in [6, 6.07) is 7.12. The van der Waals surface area contributed by atoms with Gasteiger partial charge in [-0.2, -0.15) is 0 Å². The van der Waals surface area contributed by atoms with E-state index in [0.29, 0.717) is 26.1 Å². The number of carbonyl (C=O) groups is 2. The Labute approximate surface area is 161 Å². The molecule has 2 N–H and O–H groups in total. The summed E-state index contributed by atoms with van der Waals surface area (Å²) in [5.41, 5.74) is 0.832. The zero-order valence-electron chi connectivity index (χ0n) is 16.1. The number of nitrogens with zero attached hydrogens (tertiary/aromatic N) is 2. The number of urea groups is 1. The molecule has 1 atom stereocenters. The molecule has 2 fully saturated rings. The minimum atomic E-state index is -0.192. The van der Waals surface area contributed by atoms with E-state index in [0.717, 1.165) is 24.4 Å². The number of rotatable bonds is 8. The molecule has 27 heavy (non-hydrogen) atoms. The number of hydrogen-bond donors (Lipinski definition) is 2. The number of likely N-dealkylation sites (tertiary alicyclic amines) is 1. The first-order chi connectivity index (χ1) is 13.2. The van der Waals surface area contributed by atoms with Crippen molar-refractivity contribution >= 4 is 17.6 Å². The van der Waals surface area contributed by atoms with Crippen LogP contribution in [0.1, 0.15) is 32.6 Å². The van der Waals surface area contributed by atoms with Crippen molar-refractivity contribution in [1.29, 1.82) is 0 Å². The molecule has 3 rings (SSSR count). The van der Waals surface area contributed by atoms with Gasteiger partial charge in [-0.05, 0) is 70.1 Å². The number of carbonyl (C=O) groups excluding carboxylic acids is 2. The van der Waals surface area contributed by atoms with E-state index in [1.165, 1.54) is 25.9 Å². The van der Waals surface area contributed by atoms with Crippen LogP contribution in [-0.2, 0) is 4.79 Å². The Morgan fingerprint density at radius 2 is 1.96 bits per heavy atom. The van der Waals surface area contributed by atoms with Crippen LogP contribution >= 0.6 is 0 Å². The maximum absolute atomic E-state index is 12.3. The molecule has 0 bridgehead atoms. The lowest BCUT2D eigenvalue weighted by molar-refractivity contribution is -0.117. The minimum Gasteiger partial charge on any atom is -0.494 e.